The average Bonchev–Trinajstić information content (AvgIpc) is 3.14. The molecule has 3 heterocycles. The molecule has 0 radical (unpaired) electrons. The number of nitrogens with one attached hydrogen (secondary N) is 1. The lowest BCUT2D eigenvalue weighted by molar-refractivity contribution is -0.132. The molecule has 0 bridgehead atoms. The van der Waals surface area contributed by atoms with E-state index < -0.39 is 17.9 Å². The van der Waals surface area contributed by atoms with E-state index in [0.717, 1.165) is 42.9 Å². The lowest BCUT2D eigenvalue weighted by atomic mass is 9.92. The number of Topliss-reactive ketones (excluding diaryl/α,β-unsaturated/α-hetero) is 2. The zero-order chi connectivity index (χ0) is 25.2. The molecule has 1 N–H and O–H groups in total. The number of likely N-dealkylation sites (tertiary alicyclic amines) is 1. The summed E-state index contributed by atoms with van der Waals surface area (Å²) < 4.78 is 0. The zero-order valence-electron chi connectivity index (χ0n) is 20.0. The second-order valence-corrected chi connectivity index (χ2v) is 9.74. The normalized spacial score (nSPS) is 21.0. The van der Waals surface area contributed by atoms with Gasteiger partial charge in [-0.1, -0.05) is 18.1 Å². The van der Waals surface area contributed by atoms with Crippen LogP contribution in [0.5, 0.6) is 0 Å². The number of rotatable bonds is 6. The molecule has 0 spiro atoms. The number of ketones is 2. The van der Waals surface area contributed by atoms with Crippen LogP contribution in [-0.4, -0.2) is 63.8 Å². The molecule has 2 amide bonds. The fourth-order valence-corrected chi connectivity index (χ4v) is 5.33. The molecule has 1 aromatic heterocycles. The van der Waals surface area contributed by atoms with Crippen LogP contribution < -0.4 is 5.32 Å². The smallest absolute Gasteiger partial charge is 0.264 e. The summed E-state index contributed by atoms with van der Waals surface area (Å²) in [6.07, 6.45) is 9.44. The summed E-state index contributed by atoms with van der Waals surface area (Å²) in [4.78, 5) is 58.1. The van der Waals surface area contributed by atoms with Crippen LogP contribution >= 0.6 is 0 Å². The van der Waals surface area contributed by atoms with Crippen molar-refractivity contribution in [3.63, 3.8) is 0 Å². The van der Waals surface area contributed by atoms with Crippen LogP contribution in [0.3, 0.4) is 0 Å². The summed E-state index contributed by atoms with van der Waals surface area (Å²) in [5.41, 5.74) is 3.04. The number of pyridine rings is 1. The van der Waals surface area contributed by atoms with Crippen LogP contribution in [0.4, 0.5) is 5.69 Å². The molecule has 36 heavy (non-hydrogen) atoms. The Morgan fingerprint density at radius 3 is 2.53 bits per heavy atom. The monoisotopic (exact) mass is 484 g/mol. The van der Waals surface area contributed by atoms with Crippen molar-refractivity contribution < 1.29 is 19.2 Å². The molecule has 1 unspecified atom stereocenters. The topological polar surface area (TPSA) is 99.7 Å². The Kier molecular flexibility index (Phi) is 6.66. The number of aromatic nitrogens is 1. The summed E-state index contributed by atoms with van der Waals surface area (Å²) in [5.74, 6) is 1.57. The largest absolute Gasteiger partial charge is 0.384 e. The fourth-order valence-electron chi connectivity index (χ4n) is 5.33. The quantitative estimate of drug-likeness (QED) is 0.382. The minimum Gasteiger partial charge on any atom is -0.384 e. The number of imide groups is 1. The van der Waals surface area contributed by atoms with E-state index in [4.69, 9.17) is 6.42 Å². The molecule has 8 nitrogen and oxygen atoms in total. The number of hydrogen-bond acceptors (Lipinski definition) is 7. The molecule has 2 aromatic rings. The van der Waals surface area contributed by atoms with Crippen LogP contribution in [0.15, 0.2) is 36.5 Å². The van der Waals surface area contributed by atoms with E-state index in [9.17, 15) is 19.2 Å². The van der Waals surface area contributed by atoms with Gasteiger partial charge in [-0.05, 0) is 62.0 Å². The number of fused-ring (bicyclic) bond motifs is 1. The summed E-state index contributed by atoms with van der Waals surface area (Å²) in [7, 11) is 0. The molecular weight excluding hydrogens is 456 g/mol. The van der Waals surface area contributed by atoms with Gasteiger partial charge in [-0.2, -0.15) is 0 Å². The van der Waals surface area contributed by atoms with E-state index in [0.29, 0.717) is 35.0 Å². The van der Waals surface area contributed by atoms with E-state index in [1.165, 1.54) is 0 Å². The lowest BCUT2D eigenvalue weighted by Gasteiger charge is -2.32. The van der Waals surface area contributed by atoms with Crippen LogP contribution in [-0.2, 0) is 16.1 Å². The molecule has 1 saturated heterocycles. The first kappa shape index (κ1) is 23.9. The Morgan fingerprint density at radius 2 is 1.83 bits per heavy atom. The van der Waals surface area contributed by atoms with Gasteiger partial charge >= 0.3 is 0 Å². The molecule has 1 aromatic carbocycles. The van der Waals surface area contributed by atoms with Crippen molar-refractivity contribution in [1.29, 1.82) is 0 Å². The number of nitrogens with zero attached hydrogens (tertiary/aromatic N) is 3. The van der Waals surface area contributed by atoms with Gasteiger partial charge in [0.25, 0.3) is 11.8 Å². The minimum atomic E-state index is -0.856. The molecule has 1 aliphatic carbocycles. The van der Waals surface area contributed by atoms with Crippen LogP contribution in [0, 0.1) is 18.3 Å². The Labute approximate surface area is 210 Å². The van der Waals surface area contributed by atoms with Gasteiger partial charge in [-0.15, -0.1) is 6.42 Å². The van der Waals surface area contributed by atoms with Crippen LogP contribution in [0.1, 0.15) is 64.1 Å². The number of anilines is 1. The van der Waals surface area contributed by atoms with E-state index >= 15 is 0 Å². The maximum atomic E-state index is 13.3. The number of amides is 2. The predicted molar refractivity (Wildman–Crippen MR) is 133 cm³/mol. The van der Waals surface area contributed by atoms with Crippen molar-refractivity contribution in [2.45, 2.75) is 44.7 Å². The highest BCUT2D eigenvalue weighted by molar-refractivity contribution is 6.25. The van der Waals surface area contributed by atoms with Gasteiger partial charge in [-0.3, -0.25) is 29.0 Å². The summed E-state index contributed by atoms with van der Waals surface area (Å²) in [6.45, 7) is 3.46. The van der Waals surface area contributed by atoms with Gasteiger partial charge in [0.15, 0.2) is 5.78 Å². The fraction of sp³-hybridized carbons (Fsp3) is 0.393. The Morgan fingerprint density at radius 1 is 1.03 bits per heavy atom. The predicted octanol–water partition coefficient (Wildman–Crippen LogP) is 2.67. The third kappa shape index (κ3) is 4.67. The van der Waals surface area contributed by atoms with Gasteiger partial charge in [0, 0.05) is 31.4 Å². The lowest BCUT2D eigenvalue weighted by Crippen LogP contribution is -2.47. The maximum Gasteiger partial charge on any atom is 0.264 e. The second kappa shape index (κ2) is 10.0. The van der Waals surface area contributed by atoms with E-state index in [2.05, 4.69) is 21.1 Å². The Balaban J connectivity index is 1.19. The average molecular weight is 485 g/mol. The molecule has 2 aliphatic heterocycles. The van der Waals surface area contributed by atoms with Gasteiger partial charge in [0.05, 0.1) is 23.6 Å². The molecule has 1 saturated carbocycles. The number of carbonyl (C=O) groups is 4. The van der Waals surface area contributed by atoms with Crippen molar-refractivity contribution >= 4 is 29.1 Å². The van der Waals surface area contributed by atoms with E-state index in [-0.39, 0.29) is 30.8 Å². The highest BCUT2D eigenvalue weighted by atomic mass is 16.2. The third-order valence-corrected chi connectivity index (χ3v) is 7.36. The third-order valence-electron chi connectivity index (χ3n) is 7.36. The first-order valence-corrected chi connectivity index (χ1v) is 12.4. The Hall–Kier alpha value is -3.83. The van der Waals surface area contributed by atoms with Crippen molar-refractivity contribution in [1.82, 2.24) is 14.8 Å². The molecule has 184 valence electrons. The van der Waals surface area contributed by atoms with Crippen LogP contribution in [0.2, 0.25) is 0 Å². The van der Waals surface area contributed by atoms with E-state index in [1.807, 2.05) is 24.4 Å². The maximum absolute atomic E-state index is 13.3. The first-order valence-electron chi connectivity index (χ1n) is 12.4. The van der Waals surface area contributed by atoms with Crippen molar-refractivity contribution in [2.75, 3.05) is 25.0 Å². The number of benzene rings is 1. The molecular formula is C28H28N4O4. The summed E-state index contributed by atoms with van der Waals surface area (Å²) in [6, 6.07) is 8.22. The van der Waals surface area contributed by atoms with E-state index in [1.54, 1.807) is 12.1 Å². The van der Waals surface area contributed by atoms with Crippen molar-refractivity contribution in [3.8, 4) is 12.3 Å². The Bertz CT molecular complexity index is 1260. The van der Waals surface area contributed by atoms with Gasteiger partial charge in [0.2, 0.25) is 0 Å². The SMILES string of the molecule is C#Cc1ccc(CN2CCC(CNc3cccc4c3C(=O)N(C3CCC(=O)CC3=O)C4=O)CC2)cn1. The zero-order valence-corrected chi connectivity index (χ0v) is 20.0. The molecule has 2 fully saturated rings. The van der Waals surface area contributed by atoms with Gasteiger partial charge < -0.3 is 5.32 Å². The minimum absolute atomic E-state index is 0.139. The molecule has 5 rings (SSSR count). The number of piperidine rings is 1. The summed E-state index contributed by atoms with van der Waals surface area (Å²) >= 11 is 0. The highest BCUT2D eigenvalue weighted by Gasteiger charge is 2.45. The highest BCUT2D eigenvalue weighted by Crippen LogP contribution is 2.33. The second-order valence-electron chi connectivity index (χ2n) is 9.74. The molecule has 3 aliphatic rings. The number of carbonyl (C=O) groups excluding carboxylic acids is 4. The van der Waals surface area contributed by atoms with Crippen molar-refractivity contribution in [2.24, 2.45) is 5.92 Å². The summed E-state index contributed by atoms with van der Waals surface area (Å²) in [5, 5.41) is 3.40. The van der Waals surface area contributed by atoms with Crippen LogP contribution in [0.25, 0.3) is 0 Å². The van der Waals surface area contributed by atoms with Gasteiger partial charge in [0.1, 0.15) is 11.5 Å². The molecule has 1 atom stereocenters. The number of hydrogen-bond donors (Lipinski definition) is 1. The number of terminal acetylenes is 1. The first-order chi connectivity index (χ1) is 17.4. The standard InChI is InChI=1S/C28H28N4O4/c1-2-20-7-6-19(16-29-20)17-31-12-10-18(11-13-31)15-30-23-5-3-4-22-26(23)28(36)32(27(22)35)24-9-8-21(33)14-25(24)34/h1,3-7,16,18,24,30H,8-15,17H2. The molecule has 8 heteroatoms. The van der Waals surface area contributed by atoms with Crippen molar-refractivity contribution in [3.05, 3.63) is 58.9 Å². The van der Waals surface area contributed by atoms with Gasteiger partial charge in [-0.25, -0.2) is 4.98 Å².